The molecule has 4 heteroatoms. The topological polar surface area (TPSA) is 45.3 Å². The van der Waals surface area contributed by atoms with Crippen LogP contribution in [0.3, 0.4) is 0 Å². The highest BCUT2D eigenvalue weighted by Gasteiger charge is 2.45. The molecule has 0 radical (unpaired) electrons. The van der Waals surface area contributed by atoms with Gasteiger partial charge in [0.1, 0.15) is 0 Å². The normalized spacial score (nSPS) is 22.8. The van der Waals surface area contributed by atoms with Crippen LogP contribution < -0.4 is 5.56 Å². The van der Waals surface area contributed by atoms with Crippen molar-refractivity contribution in [1.82, 2.24) is 9.88 Å². The standard InChI is InChI=1S/C21H20N2O2/c1-21(23-10-12-25-13-11-23)17-9-5-4-8-16(17)19-18(21)14-6-2-3-7-15(14)20(24)22-19/h2-9H,10-13H2,1H3,(H,22,24). The minimum Gasteiger partial charge on any atom is -0.379 e. The van der Waals surface area contributed by atoms with Gasteiger partial charge in [0.2, 0.25) is 0 Å². The van der Waals surface area contributed by atoms with E-state index in [-0.39, 0.29) is 11.1 Å². The van der Waals surface area contributed by atoms with Gasteiger partial charge in [0.15, 0.2) is 0 Å². The fourth-order valence-corrected chi connectivity index (χ4v) is 4.58. The second kappa shape index (κ2) is 5.28. The Labute approximate surface area is 146 Å². The fraction of sp³-hybridized carbons (Fsp3) is 0.286. The maximum atomic E-state index is 12.6. The second-order valence-electron chi connectivity index (χ2n) is 6.97. The Morgan fingerprint density at radius 1 is 1.00 bits per heavy atom. The Hall–Kier alpha value is -2.43. The zero-order valence-corrected chi connectivity index (χ0v) is 14.2. The van der Waals surface area contributed by atoms with Gasteiger partial charge in [-0.2, -0.15) is 0 Å². The van der Waals surface area contributed by atoms with Crippen LogP contribution in [-0.4, -0.2) is 36.2 Å². The van der Waals surface area contributed by atoms with Crippen molar-refractivity contribution < 1.29 is 4.74 Å². The molecule has 4 nitrogen and oxygen atoms in total. The van der Waals surface area contributed by atoms with E-state index in [2.05, 4.69) is 41.1 Å². The largest absolute Gasteiger partial charge is 0.379 e. The molecule has 1 fully saturated rings. The van der Waals surface area contributed by atoms with Crippen LogP contribution in [0.25, 0.3) is 22.0 Å². The van der Waals surface area contributed by atoms with E-state index in [4.69, 9.17) is 4.74 Å². The lowest BCUT2D eigenvalue weighted by Crippen LogP contribution is -2.49. The Kier molecular flexibility index (Phi) is 3.14. The molecule has 2 aromatic carbocycles. The molecule has 1 aliphatic heterocycles. The molecule has 1 saturated heterocycles. The van der Waals surface area contributed by atoms with Gasteiger partial charge in [0, 0.05) is 29.6 Å². The molecular formula is C21H20N2O2. The van der Waals surface area contributed by atoms with E-state index < -0.39 is 0 Å². The number of fused-ring (bicyclic) bond motifs is 5. The van der Waals surface area contributed by atoms with Crippen molar-refractivity contribution in [1.29, 1.82) is 0 Å². The molecule has 25 heavy (non-hydrogen) atoms. The van der Waals surface area contributed by atoms with E-state index in [1.54, 1.807) is 0 Å². The Balaban J connectivity index is 1.90. The van der Waals surface area contributed by atoms with Crippen molar-refractivity contribution in [2.75, 3.05) is 26.3 Å². The average Bonchev–Trinajstić information content (AvgIpc) is 2.93. The molecule has 126 valence electrons. The summed E-state index contributed by atoms with van der Waals surface area (Å²) in [7, 11) is 0. The summed E-state index contributed by atoms with van der Waals surface area (Å²) in [5.74, 6) is 0. The molecule has 1 unspecified atom stereocenters. The Morgan fingerprint density at radius 3 is 2.48 bits per heavy atom. The number of nitrogens with one attached hydrogen (secondary N) is 1. The molecule has 0 saturated carbocycles. The third kappa shape index (κ3) is 1.92. The molecule has 1 aromatic heterocycles. The van der Waals surface area contributed by atoms with E-state index in [9.17, 15) is 4.79 Å². The summed E-state index contributed by atoms with van der Waals surface area (Å²) in [6.45, 7) is 5.55. The van der Waals surface area contributed by atoms with Crippen LogP contribution in [0.2, 0.25) is 0 Å². The molecule has 0 bridgehead atoms. The predicted octanol–water partition coefficient (Wildman–Crippen LogP) is 3.10. The second-order valence-corrected chi connectivity index (χ2v) is 6.97. The Bertz CT molecular complexity index is 1030. The van der Waals surface area contributed by atoms with Crippen molar-refractivity contribution >= 4 is 10.8 Å². The fourth-order valence-electron chi connectivity index (χ4n) is 4.58. The summed E-state index contributed by atoms with van der Waals surface area (Å²) >= 11 is 0. The molecule has 1 N–H and O–H groups in total. The van der Waals surface area contributed by atoms with Crippen molar-refractivity contribution in [2.45, 2.75) is 12.5 Å². The van der Waals surface area contributed by atoms with Gasteiger partial charge in [0.05, 0.1) is 24.4 Å². The first-order valence-corrected chi connectivity index (χ1v) is 8.79. The van der Waals surface area contributed by atoms with Crippen LogP contribution in [0, 0.1) is 0 Å². The summed E-state index contributed by atoms with van der Waals surface area (Å²) < 4.78 is 5.59. The molecule has 1 atom stereocenters. The van der Waals surface area contributed by atoms with Crippen LogP contribution >= 0.6 is 0 Å². The molecule has 5 rings (SSSR count). The first kappa shape index (κ1) is 14.9. The number of ether oxygens (including phenoxy) is 1. The van der Waals surface area contributed by atoms with E-state index in [0.717, 1.165) is 48.3 Å². The van der Waals surface area contributed by atoms with Gasteiger partial charge in [-0.05, 0) is 23.9 Å². The van der Waals surface area contributed by atoms with Gasteiger partial charge >= 0.3 is 0 Å². The zero-order valence-electron chi connectivity index (χ0n) is 14.2. The zero-order chi connectivity index (χ0) is 17.0. The first-order chi connectivity index (χ1) is 12.2. The van der Waals surface area contributed by atoms with Gasteiger partial charge < -0.3 is 9.72 Å². The van der Waals surface area contributed by atoms with Gasteiger partial charge in [0.25, 0.3) is 5.56 Å². The van der Waals surface area contributed by atoms with E-state index in [1.807, 2.05) is 24.3 Å². The van der Waals surface area contributed by atoms with Crippen LogP contribution in [0.4, 0.5) is 0 Å². The smallest absolute Gasteiger partial charge is 0.256 e. The minimum absolute atomic E-state index is 0.0182. The average molecular weight is 332 g/mol. The maximum absolute atomic E-state index is 12.6. The van der Waals surface area contributed by atoms with Gasteiger partial charge in [-0.25, -0.2) is 0 Å². The molecule has 0 spiro atoms. The lowest BCUT2D eigenvalue weighted by molar-refractivity contribution is -0.00266. The number of hydrogen-bond acceptors (Lipinski definition) is 3. The lowest BCUT2D eigenvalue weighted by Gasteiger charge is -2.42. The Morgan fingerprint density at radius 2 is 1.68 bits per heavy atom. The van der Waals surface area contributed by atoms with Crippen molar-refractivity contribution in [3.05, 3.63) is 70.0 Å². The molecule has 2 heterocycles. The van der Waals surface area contributed by atoms with Crippen molar-refractivity contribution in [3.8, 4) is 11.3 Å². The SMILES string of the molecule is CC1(N2CCOCC2)c2ccccc2-c2[nH]c(=O)c3ccccc3c21. The van der Waals surface area contributed by atoms with Crippen molar-refractivity contribution in [3.63, 3.8) is 0 Å². The van der Waals surface area contributed by atoms with E-state index in [1.165, 1.54) is 11.1 Å². The van der Waals surface area contributed by atoms with Gasteiger partial charge in [-0.3, -0.25) is 9.69 Å². The third-order valence-corrected chi connectivity index (χ3v) is 5.78. The van der Waals surface area contributed by atoms with Crippen molar-refractivity contribution in [2.24, 2.45) is 0 Å². The number of H-pyrrole nitrogens is 1. The number of benzene rings is 2. The summed E-state index contributed by atoms with van der Waals surface area (Å²) in [6, 6.07) is 16.4. The number of rotatable bonds is 1. The van der Waals surface area contributed by atoms with Crippen LogP contribution in [-0.2, 0) is 10.3 Å². The van der Waals surface area contributed by atoms with Gasteiger partial charge in [-0.1, -0.05) is 42.5 Å². The molecule has 2 aliphatic rings. The number of morpholine rings is 1. The van der Waals surface area contributed by atoms with E-state index in [0.29, 0.717) is 0 Å². The molecular weight excluding hydrogens is 312 g/mol. The molecule has 1 aliphatic carbocycles. The predicted molar refractivity (Wildman–Crippen MR) is 98.9 cm³/mol. The highest BCUT2D eigenvalue weighted by molar-refractivity contribution is 5.95. The van der Waals surface area contributed by atoms with Crippen LogP contribution in [0.5, 0.6) is 0 Å². The first-order valence-electron chi connectivity index (χ1n) is 8.79. The van der Waals surface area contributed by atoms with E-state index >= 15 is 0 Å². The molecule has 0 amide bonds. The summed E-state index contributed by atoms with van der Waals surface area (Å²) in [5, 5.41) is 1.81. The number of aromatic nitrogens is 1. The van der Waals surface area contributed by atoms with Crippen LogP contribution in [0.15, 0.2) is 53.3 Å². The number of nitrogens with zero attached hydrogens (tertiary/aromatic N) is 1. The third-order valence-electron chi connectivity index (χ3n) is 5.78. The summed E-state index contributed by atoms with van der Waals surface area (Å²) in [6.07, 6.45) is 0. The summed E-state index contributed by atoms with van der Waals surface area (Å²) in [4.78, 5) is 18.3. The maximum Gasteiger partial charge on any atom is 0.256 e. The number of pyridine rings is 1. The highest BCUT2D eigenvalue weighted by atomic mass is 16.5. The van der Waals surface area contributed by atoms with Crippen LogP contribution in [0.1, 0.15) is 18.1 Å². The number of hydrogen-bond donors (Lipinski definition) is 1. The minimum atomic E-state index is -0.264. The van der Waals surface area contributed by atoms with Gasteiger partial charge in [-0.15, -0.1) is 0 Å². The molecule has 3 aromatic rings. The highest BCUT2D eigenvalue weighted by Crippen LogP contribution is 2.51. The monoisotopic (exact) mass is 332 g/mol. The quantitative estimate of drug-likeness (QED) is 0.745. The summed E-state index contributed by atoms with van der Waals surface area (Å²) in [5.41, 5.74) is 4.29. The number of aromatic amines is 1. The lowest BCUT2D eigenvalue weighted by atomic mass is 9.85.